The fourth-order valence-electron chi connectivity index (χ4n) is 2.28. The van der Waals surface area contributed by atoms with Gasteiger partial charge >= 0.3 is 0 Å². The topological polar surface area (TPSA) is 96.4 Å². The van der Waals surface area contributed by atoms with Crippen LogP contribution >= 0.6 is 0 Å². The summed E-state index contributed by atoms with van der Waals surface area (Å²) in [6.45, 7) is 7.28. The quantitative estimate of drug-likeness (QED) is 0.399. The fourth-order valence-corrected chi connectivity index (χ4v) is 2.28. The Kier molecular flexibility index (Phi) is 14.1. The molecule has 7 nitrogen and oxygen atoms in total. The van der Waals surface area contributed by atoms with Crippen LogP contribution in [-0.4, -0.2) is 116 Å². The highest BCUT2D eigenvalue weighted by atomic mass is 16.3. The molecule has 1 rings (SSSR count). The third-order valence-corrected chi connectivity index (χ3v) is 3.71. The molecule has 1 atom stereocenters. The second-order valence-corrected chi connectivity index (χ2v) is 6.02. The van der Waals surface area contributed by atoms with Crippen molar-refractivity contribution in [2.45, 2.75) is 18.9 Å². The van der Waals surface area contributed by atoms with Gasteiger partial charge in [-0.2, -0.15) is 0 Å². The van der Waals surface area contributed by atoms with Gasteiger partial charge in [0.25, 0.3) is 0 Å². The summed E-state index contributed by atoms with van der Waals surface area (Å²) in [4.78, 5) is 6.60. The highest BCUT2D eigenvalue weighted by Crippen LogP contribution is 1.99. The number of hydrogen-bond donors (Lipinski definition) is 4. The van der Waals surface area contributed by atoms with Crippen molar-refractivity contribution < 1.29 is 15.3 Å². The van der Waals surface area contributed by atoms with E-state index >= 15 is 0 Å². The number of rotatable bonds is 9. The van der Waals surface area contributed by atoms with Gasteiger partial charge in [-0.25, -0.2) is 0 Å². The number of nitrogens with zero attached hydrogens (tertiary/aromatic N) is 3. The summed E-state index contributed by atoms with van der Waals surface area (Å²) >= 11 is 0. The van der Waals surface area contributed by atoms with Crippen LogP contribution in [0, 0.1) is 0 Å². The summed E-state index contributed by atoms with van der Waals surface area (Å²) < 4.78 is 0. The van der Waals surface area contributed by atoms with Crippen LogP contribution in [0.25, 0.3) is 0 Å². The summed E-state index contributed by atoms with van der Waals surface area (Å²) in [6, 6.07) is -0.0278. The molecule has 134 valence electrons. The summed E-state index contributed by atoms with van der Waals surface area (Å²) in [6.07, 6.45) is 1.98. The smallest absolute Gasteiger partial charge is 0.0582 e. The number of hydrogen-bond acceptors (Lipinski definition) is 7. The van der Waals surface area contributed by atoms with Gasteiger partial charge in [0.1, 0.15) is 0 Å². The Labute approximate surface area is 135 Å². The number of aliphatic hydroxyl groups excluding tert-OH is 3. The molecular weight excluding hydrogens is 284 g/mol. The number of piperazine rings is 1. The lowest BCUT2D eigenvalue weighted by molar-refractivity contribution is 0.0984. The highest BCUT2D eigenvalue weighted by Gasteiger charge is 2.14. The first kappa shape index (κ1) is 21.7. The zero-order chi connectivity index (χ0) is 16.8. The Morgan fingerprint density at radius 2 is 1.41 bits per heavy atom. The molecule has 1 aliphatic rings. The van der Waals surface area contributed by atoms with E-state index in [4.69, 9.17) is 21.1 Å². The van der Waals surface area contributed by atoms with Gasteiger partial charge in [-0.15, -0.1) is 0 Å². The monoisotopic (exact) mass is 320 g/mol. The minimum absolute atomic E-state index is 0.0278. The van der Waals surface area contributed by atoms with Crippen LogP contribution in [0.4, 0.5) is 0 Å². The number of aliphatic hydroxyl groups is 3. The molecule has 0 spiro atoms. The second-order valence-electron chi connectivity index (χ2n) is 6.02. The summed E-state index contributed by atoms with van der Waals surface area (Å²) in [5.41, 5.74) is 5.49. The third kappa shape index (κ3) is 12.3. The van der Waals surface area contributed by atoms with E-state index in [1.54, 1.807) is 0 Å². The molecule has 0 radical (unpaired) electrons. The predicted octanol–water partition coefficient (Wildman–Crippen LogP) is -1.76. The van der Waals surface area contributed by atoms with Crippen molar-refractivity contribution in [3.05, 3.63) is 0 Å². The molecule has 0 aromatic carbocycles. The van der Waals surface area contributed by atoms with Crippen LogP contribution in [0.1, 0.15) is 12.8 Å². The van der Waals surface area contributed by atoms with Gasteiger partial charge in [-0.05, 0) is 33.5 Å². The maximum atomic E-state index is 8.69. The van der Waals surface area contributed by atoms with Crippen LogP contribution in [-0.2, 0) is 0 Å². The van der Waals surface area contributed by atoms with E-state index in [-0.39, 0.29) is 25.9 Å². The average molecular weight is 320 g/mol. The standard InChI is InChI=1S/C8H18N2O2.C7H18N2O/c11-7-5-9-1-2-10(4-3-9)6-8-12;1-9(2)5-3-4-7(8)6-10/h11-12H,1-8H2;7,10H,3-6,8H2,1-2H3. The van der Waals surface area contributed by atoms with Crippen LogP contribution in [0.15, 0.2) is 0 Å². The molecule has 1 unspecified atom stereocenters. The molecule has 0 bridgehead atoms. The lowest BCUT2D eigenvalue weighted by atomic mass is 10.2. The summed E-state index contributed by atoms with van der Waals surface area (Å²) in [7, 11) is 4.06. The van der Waals surface area contributed by atoms with E-state index in [1.807, 2.05) is 14.1 Å². The van der Waals surface area contributed by atoms with Gasteiger partial charge in [0.2, 0.25) is 0 Å². The molecule has 0 aliphatic carbocycles. The van der Waals surface area contributed by atoms with Gasteiger partial charge in [0.15, 0.2) is 0 Å². The zero-order valence-corrected chi connectivity index (χ0v) is 14.3. The largest absolute Gasteiger partial charge is 0.395 e. The van der Waals surface area contributed by atoms with E-state index < -0.39 is 0 Å². The summed E-state index contributed by atoms with van der Waals surface area (Å²) in [5.74, 6) is 0. The Morgan fingerprint density at radius 1 is 0.955 bits per heavy atom. The first-order valence-electron chi connectivity index (χ1n) is 8.21. The van der Waals surface area contributed by atoms with Gasteiger partial charge in [0, 0.05) is 45.3 Å². The lowest BCUT2D eigenvalue weighted by Crippen LogP contribution is -2.47. The maximum Gasteiger partial charge on any atom is 0.0582 e. The van der Waals surface area contributed by atoms with Gasteiger partial charge in [0.05, 0.1) is 19.8 Å². The van der Waals surface area contributed by atoms with Crippen molar-refractivity contribution in [3.63, 3.8) is 0 Å². The van der Waals surface area contributed by atoms with E-state index in [0.717, 1.165) is 58.7 Å². The molecule has 1 heterocycles. The van der Waals surface area contributed by atoms with Crippen LogP contribution in [0.2, 0.25) is 0 Å². The van der Waals surface area contributed by atoms with Gasteiger partial charge < -0.3 is 26.0 Å². The second kappa shape index (κ2) is 14.3. The molecule has 1 fully saturated rings. The molecule has 5 N–H and O–H groups in total. The van der Waals surface area contributed by atoms with Crippen LogP contribution in [0.5, 0.6) is 0 Å². The molecule has 0 aromatic rings. The van der Waals surface area contributed by atoms with Gasteiger partial charge in [-0.3, -0.25) is 9.80 Å². The Balaban J connectivity index is 0.000000409. The SMILES string of the molecule is CN(C)CCCC(N)CO.OCCN1CCN(CCO)CC1. The van der Waals surface area contributed by atoms with E-state index in [9.17, 15) is 0 Å². The normalized spacial score (nSPS) is 18.1. The minimum Gasteiger partial charge on any atom is -0.395 e. The first-order chi connectivity index (χ1) is 10.5. The van der Waals surface area contributed by atoms with E-state index in [0.29, 0.717) is 0 Å². The highest BCUT2D eigenvalue weighted by molar-refractivity contribution is 4.70. The molecule has 0 saturated carbocycles. The fraction of sp³-hybridized carbons (Fsp3) is 1.00. The average Bonchev–Trinajstić information content (AvgIpc) is 2.50. The van der Waals surface area contributed by atoms with Crippen molar-refractivity contribution >= 4 is 0 Å². The van der Waals surface area contributed by atoms with Crippen LogP contribution < -0.4 is 5.73 Å². The van der Waals surface area contributed by atoms with Crippen molar-refractivity contribution in [1.29, 1.82) is 0 Å². The number of β-amino-alcohol motifs (C(OH)–C–C–N with tert-alkyl or cyclic N) is 2. The van der Waals surface area contributed by atoms with E-state index in [2.05, 4.69) is 14.7 Å². The summed E-state index contributed by atoms with van der Waals surface area (Å²) in [5, 5.41) is 25.9. The van der Waals surface area contributed by atoms with E-state index in [1.165, 1.54) is 0 Å². The maximum absolute atomic E-state index is 8.69. The van der Waals surface area contributed by atoms with Crippen molar-refractivity contribution in [2.75, 3.05) is 79.7 Å². The first-order valence-corrected chi connectivity index (χ1v) is 8.21. The molecule has 22 heavy (non-hydrogen) atoms. The van der Waals surface area contributed by atoms with Crippen LogP contribution in [0.3, 0.4) is 0 Å². The van der Waals surface area contributed by atoms with Crippen molar-refractivity contribution in [2.24, 2.45) is 5.73 Å². The molecular formula is C15H36N4O3. The molecule has 7 heteroatoms. The number of nitrogens with two attached hydrogens (primary N) is 1. The molecule has 1 saturated heterocycles. The molecule has 0 aromatic heterocycles. The lowest BCUT2D eigenvalue weighted by Gasteiger charge is -2.33. The molecule has 1 aliphatic heterocycles. The minimum atomic E-state index is -0.0278. The zero-order valence-electron chi connectivity index (χ0n) is 14.3. The van der Waals surface area contributed by atoms with Crippen molar-refractivity contribution in [3.8, 4) is 0 Å². The van der Waals surface area contributed by atoms with Crippen molar-refractivity contribution in [1.82, 2.24) is 14.7 Å². The molecule has 0 amide bonds. The Bertz CT molecular complexity index is 223. The Morgan fingerprint density at radius 3 is 1.73 bits per heavy atom. The van der Waals surface area contributed by atoms with Gasteiger partial charge in [-0.1, -0.05) is 0 Å². The third-order valence-electron chi connectivity index (χ3n) is 3.71. The Hall–Kier alpha value is -0.280. The predicted molar refractivity (Wildman–Crippen MR) is 89.9 cm³/mol.